The van der Waals surface area contributed by atoms with Crippen LogP contribution in [-0.2, 0) is 0 Å². The molecule has 0 fully saturated rings. The van der Waals surface area contributed by atoms with Gasteiger partial charge in [-0.3, -0.25) is 0 Å². The van der Waals surface area contributed by atoms with Crippen LogP contribution in [-0.4, -0.2) is 17.2 Å². The van der Waals surface area contributed by atoms with Crippen molar-refractivity contribution in [1.82, 2.24) is 10.1 Å². The molecule has 5 heteroatoms. The summed E-state index contributed by atoms with van der Waals surface area (Å²) in [4.78, 5) is 4.45. The first-order chi connectivity index (χ1) is 9.28. The lowest BCUT2D eigenvalue weighted by Gasteiger charge is -2.01. The van der Waals surface area contributed by atoms with Gasteiger partial charge in [0.1, 0.15) is 0 Å². The molecular weight excluding hydrogens is 306 g/mol. The Morgan fingerprint density at radius 3 is 2.63 bits per heavy atom. The number of fused-ring (bicyclic) bond motifs is 1. The van der Waals surface area contributed by atoms with Gasteiger partial charge in [0.25, 0.3) is 11.4 Å². The van der Waals surface area contributed by atoms with E-state index in [1.165, 1.54) is 0 Å². The Bertz CT molecular complexity index is 728. The number of nitrogens with zero attached hydrogens (tertiary/aromatic N) is 3. The van der Waals surface area contributed by atoms with Gasteiger partial charge in [-0.1, -0.05) is 15.9 Å². The third-order valence-corrected chi connectivity index (χ3v) is 3.29. The van der Waals surface area contributed by atoms with E-state index in [1.54, 1.807) is 11.6 Å². The van der Waals surface area contributed by atoms with Crippen molar-refractivity contribution in [3.05, 3.63) is 53.1 Å². The smallest absolute Gasteiger partial charge is 0.299 e. The third kappa shape index (κ3) is 2.29. The van der Waals surface area contributed by atoms with Gasteiger partial charge in [0, 0.05) is 27.3 Å². The molecule has 0 aliphatic carbocycles. The molecule has 0 spiro atoms. The number of ether oxygens (including phenoxy) is 1. The Labute approximate surface area is 118 Å². The molecule has 2 aromatic heterocycles. The van der Waals surface area contributed by atoms with Gasteiger partial charge in [0.15, 0.2) is 0 Å². The fourth-order valence-corrected chi connectivity index (χ4v) is 2.10. The van der Waals surface area contributed by atoms with Crippen LogP contribution in [0.15, 0.2) is 53.1 Å². The second-order valence-corrected chi connectivity index (χ2v) is 4.90. The highest BCUT2D eigenvalue weighted by atomic mass is 79.9. The van der Waals surface area contributed by atoms with E-state index in [2.05, 4.69) is 26.0 Å². The van der Waals surface area contributed by atoms with Crippen molar-refractivity contribution >= 4 is 21.4 Å². The largest absolute Gasteiger partial charge is 0.476 e. The summed E-state index contributed by atoms with van der Waals surface area (Å²) in [5.41, 5.74) is 1.78. The Morgan fingerprint density at radius 1 is 1.11 bits per heavy atom. The van der Waals surface area contributed by atoms with Crippen molar-refractivity contribution in [2.45, 2.75) is 0 Å². The SMILES string of the molecule is COc1nc(-c2ccc(Br)cc2)n[n+]2ccccc12. The molecule has 3 aromatic rings. The summed E-state index contributed by atoms with van der Waals surface area (Å²) in [5.74, 6) is 1.20. The van der Waals surface area contributed by atoms with Gasteiger partial charge in [0.05, 0.1) is 7.11 Å². The summed E-state index contributed by atoms with van der Waals surface area (Å²) in [6.45, 7) is 0. The highest BCUT2D eigenvalue weighted by molar-refractivity contribution is 9.10. The molecule has 0 saturated heterocycles. The van der Waals surface area contributed by atoms with Crippen LogP contribution < -0.4 is 9.25 Å². The van der Waals surface area contributed by atoms with Crippen molar-refractivity contribution in [2.24, 2.45) is 0 Å². The van der Waals surface area contributed by atoms with E-state index in [4.69, 9.17) is 4.74 Å². The maximum absolute atomic E-state index is 5.33. The summed E-state index contributed by atoms with van der Waals surface area (Å²) in [6.07, 6.45) is 1.88. The molecule has 1 aromatic carbocycles. The lowest BCUT2D eigenvalue weighted by atomic mass is 10.2. The molecular formula is C14H11BrN3O+. The van der Waals surface area contributed by atoms with E-state index in [0.29, 0.717) is 11.7 Å². The average molecular weight is 317 g/mol. The van der Waals surface area contributed by atoms with Crippen LogP contribution in [0.3, 0.4) is 0 Å². The van der Waals surface area contributed by atoms with Crippen LogP contribution in [0.25, 0.3) is 16.9 Å². The summed E-state index contributed by atoms with van der Waals surface area (Å²) < 4.78 is 8.12. The minimum atomic E-state index is 0.563. The fourth-order valence-electron chi connectivity index (χ4n) is 1.84. The molecule has 0 saturated carbocycles. The molecule has 4 nitrogen and oxygen atoms in total. The molecule has 0 aliphatic rings. The molecule has 3 rings (SSSR count). The molecule has 0 atom stereocenters. The third-order valence-electron chi connectivity index (χ3n) is 2.76. The van der Waals surface area contributed by atoms with Crippen LogP contribution in [0.1, 0.15) is 0 Å². The highest BCUT2D eigenvalue weighted by Gasteiger charge is 2.16. The van der Waals surface area contributed by atoms with E-state index < -0.39 is 0 Å². The standard InChI is InChI=1S/C14H11BrN3O/c1-19-14-12-4-2-3-9-18(12)17-13(16-14)10-5-7-11(15)8-6-10/h2-9H,1H3/q+1. The van der Waals surface area contributed by atoms with Crippen molar-refractivity contribution < 1.29 is 9.25 Å². The Hall–Kier alpha value is -2.01. The number of benzene rings is 1. The van der Waals surface area contributed by atoms with Crippen LogP contribution >= 0.6 is 15.9 Å². The maximum atomic E-state index is 5.33. The van der Waals surface area contributed by atoms with Gasteiger partial charge < -0.3 is 4.74 Å². The summed E-state index contributed by atoms with van der Waals surface area (Å²) in [5, 5.41) is 4.49. The van der Waals surface area contributed by atoms with Crippen molar-refractivity contribution in [1.29, 1.82) is 0 Å². The zero-order valence-corrected chi connectivity index (χ0v) is 11.8. The fraction of sp³-hybridized carbons (Fsp3) is 0.0714. The van der Waals surface area contributed by atoms with Crippen LogP contribution in [0.5, 0.6) is 5.88 Å². The summed E-state index contributed by atoms with van der Waals surface area (Å²) in [6, 6.07) is 13.6. The molecule has 19 heavy (non-hydrogen) atoms. The molecule has 0 aliphatic heterocycles. The molecule has 2 heterocycles. The number of pyridine rings is 1. The van der Waals surface area contributed by atoms with E-state index in [0.717, 1.165) is 15.6 Å². The molecule has 0 radical (unpaired) electrons. The number of rotatable bonds is 2. The van der Waals surface area contributed by atoms with Crippen molar-refractivity contribution in [3.8, 4) is 17.3 Å². The molecule has 0 bridgehead atoms. The number of hydrogen-bond acceptors (Lipinski definition) is 3. The first-order valence-electron chi connectivity index (χ1n) is 5.76. The van der Waals surface area contributed by atoms with Gasteiger partial charge >= 0.3 is 0 Å². The minimum Gasteiger partial charge on any atom is -0.476 e. The zero-order valence-electron chi connectivity index (χ0n) is 10.2. The van der Waals surface area contributed by atoms with Gasteiger partial charge in [-0.25, -0.2) is 0 Å². The lowest BCUT2D eigenvalue weighted by Crippen LogP contribution is -2.28. The second-order valence-electron chi connectivity index (χ2n) is 3.98. The van der Waals surface area contributed by atoms with E-state index >= 15 is 0 Å². The molecule has 0 unspecified atom stereocenters. The predicted octanol–water partition coefficient (Wildman–Crippen LogP) is 2.65. The monoisotopic (exact) mass is 316 g/mol. The van der Waals surface area contributed by atoms with Gasteiger partial charge in [-0.2, -0.15) is 4.98 Å². The van der Waals surface area contributed by atoms with Gasteiger partial charge in [-0.15, -0.1) is 0 Å². The number of aromatic nitrogens is 3. The Morgan fingerprint density at radius 2 is 1.89 bits per heavy atom. The zero-order chi connectivity index (χ0) is 13.2. The van der Waals surface area contributed by atoms with Crippen molar-refractivity contribution in [2.75, 3.05) is 7.11 Å². The highest BCUT2D eigenvalue weighted by Crippen LogP contribution is 2.20. The van der Waals surface area contributed by atoms with Gasteiger partial charge in [0.2, 0.25) is 12.0 Å². The predicted molar refractivity (Wildman–Crippen MR) is 74.9 cm³/mol. The molecule has 94 valence electrons. The first kappa shape index (κ1) is 12.0. The summed E-state index contributed by atoms with van der Waals surface area (Å²) in [7, 11) is 1.61. The Kier molecular flexibility index (Phi) is 3.13. The van der Waals surface area contributed by atoms with Crippen LogP contribution in [0, 0.1) is 0 Å². The number of hydrogen-bond donors (Lipinski definition) is 0. The number of methoxy groups -OCH3 is 1. The van der Waals surface area contributed by atoms with Crippen LogP contribution in [0.4, 0.5) is 0 Å². The lowest BCUT2D eigenvalue weighted by molar-refractivity contribution is -0.580. The van der Waals surface area contributed by atoms with E-state index in [9.17, 15) is 0 Å². The van der Waals surface area contributed by atoms with Crippen molar-refractivity contribution in [3.63, 3.8) is 0 Å². The van der Waals surface area contributed by atoms with Gasteiger partial charge in [-0.05, 0) is 34.8 Å². The van der Waals surface area contributed by atoms with E-state index in [-0.39, 0.29) is 0 Å². The quantitative estimate of drug-likeness (QED) is 0.682. The van der Waals surface area contributed by atoms with E-state index in [1.807, 2.05) is 48.7 Å². The average Bonchev–Trinajstić information content (AvgIpc) is 2.47. The topological polar surface area (TPSA) is 39.1 Å². The second kappa shape index (κ2) is 4.93. The number of halogens is 1. The normalized spacial score (nSPS) is 10.6. The summed E-state index contributed by atoms with van der Waals surface area (Å²) >= 11 is 3.42. The van der Waals surface area contributed by atoms with Crippen LogP contribution in [0.2, 0.25) is 0 Å². The first-order valence-corrected chi connectivity index (χ1v) is 6.56. The molecule has 0 amide bonds. The molecule has 0 N–H and O–H groups in total. The Balaban J connectivity index is 2.22. The maximum Gasteiger partial charge on any atom is 0.299 e. The minimum absolute atomic E-state index is 0.563.